The molecule has 0 bridgehead atoms. The average molecular weight is 279 g/mol. The molecule has 0 saturated heterocycles. The minimum atomic E-state index is -1.24. The number of nitriles is 1. The Balaban J connectivity index is 3.12. The molecule has 0 N–H and O–H groups in total. The van der Waals surface area contributed by atoms with Crippen LogP contribution in [0.5, 0.6) is 11.8 Å². The number of hydrogen-bond acceptors (Lipinski definition) is 7. The summed E-state index contributed by atoms with van der Waals surface area (Å²) in [6.07, 6.45) is 0. The zero-order chi connectivity index (χ0) is 15.3. The van der Waals surface area contributed by atoms with Gasteiger partial charge in [-0.1, -0.05) is 0 Å². The van der Waals surface area contributed by atoms with Crippen molar-refractivity contribution in [2.75, 3.05) is 14.2 Å². The fraction of sp³-hybridized carbons (Fsp3) is 0.538. The summed E-state index contributed by atoms with van der Waals surface area (Å²) in [5, 5.41) is 9.16. The fourth-order valence-corrected chi connectivity index (χ4v) is 1.34. The predicted molar refractivity (Wildman–Crippen MR) is 69.3 cm³/mol. The summed E-state index contributed by atoms with van der Waals surface area (Å²) in [5.74, 6) is -1.56. The molecule has 0 radical (unpaired) electrons. The van der Waals surface area contributed by atoms with Crippen LogP contribution >= 0.6 is 0 Å². The Morgan fingerprint density at radius 3 is 2.10 bits per heavy atom. The van der Waals surface area contributed by atoms with Gasteiger partial charge >= 0.3 is 5.97 Å². The number of esters is 1. The summed E-state index contributed by atoms with van der Waals surface area (Å²) in [5.41, 5.74) is -0.699. The van der Waals surface area contributed by atoms with Crippen molar-refractivity contribution in [2.24, 2.45) is 0 Å². The molecule has 0 aromatic carbocycles. The van der Waals surface area contributed by atoms with E-state index in [9.17, 15) is 4.79 Å². The van der Waals surface area contributed by atoms with Gasteiger partial charge in [-0.25, -0.2) is 0 Å². The minimum Gasteiger partial charge on any atom is -0.481 e. The molecule has 1 heterocycles. The zero-order valence-electron chi connectivity index (χ0n) is 12.1. The molecule has 1 rings (SSSR count). The van der Waals surface area contributed by atoms with Crippen molar-refractivity contribution in [3.8, 4) is 17.8 Å². The summed E-state index contributed by atoms with van der Waals surface area (Å²) in [6.45, 7) is 5.14. The van der Waals surface area contributed by atoms with E-state index in [1.54, 1.807) is 20.8 Å². The van der Waals surface area contributed by atoms with Crippen molar-refractivity contribution in [3.05, 3.63) is 11.9 Å². The van der Waals surface area contributed by atoms with Gasteiger partial charge in [0.25, 0.3) is 0 Å². The fourth-order valence-electron chi connectivity index (χ4n) is 1.34. The second kappa shape index (κ2) is 6.19. The third-order valence-electron chi connectivity index (χ3n) is 2.14. The number of nitrogens with zero attached hydrogens (tertiary/aromatic N) is 3. The molecule has 0 aliphatic carbocycles. The van der Waals surface area contributed by atoms with Crippen molar-refractivity contribution in [3.63, 3.8) is 0 Å². The molecule has 0 spiro atoms. The van der Waals surface area contributed by atoms with Gasteiger partial charge in [-0.2, -0.15) is 15.2 Å². The Bertz CT molecular complexity index is 509. The molecule has 1 aromatic heterocycles. The average Bonchev–Trinajstić information content (AvgIpc) is 2.37. The van der Waals surface area contributed by atoms with Crippen LogP contribution in [0.15, 0.2) is 6.07 Å². The maximum atomic E-state index is 12.0. The van der Waals surface area contributed by atoms with E-state index in [1.165, 1.54) is 20.3 Å². The van der Waals surface area contributed by atoms with Gasteiger partial charge in [0, 0.05) is 0 Å². The van der Waals surface area contributed by atoms with Gasteiger partial charge in [0.1, 0.15) is 5.60 Å². The number of ether oxygens (including phenoxy) is 3. The van der Waals surface area contributed by atoms with E-state index in [0.29, 0.717) is 0 Å². The van der Waals surface area contributed by atoms with E-state index >= 15 is 0 Å². The zero-order valence-corrected chi connectivity index (χ0v) is 12.1. The molecule has 20 heavy (non-hydrogen) atoms. The molecular formula is C13H17N3O4. The molecule has 1 unspecified atom stereocenters. The Morgan fingerprint density at radius 2 is 1.75 bits per heavy atom. The van der Waals surface area contributed by atoms with E-state index in [4.69, 9.17) is 19.5 Å². The Hall–Kier alpha value is -2.36. The Labute approximate surface area is 117 Å². The lowest BCUT2D eigenvalue weighted by Gasteiger charge is -2.21. The molecule has 108 valence electrons. The van der Waals surface area contributed by atoms with Crippen molar-refractivity contribution < 1.29 is 19.0 Å². The van der Waals surface area contributed by atoms with Crippen molar-refractivity contribution in [2.45, 2.75) is 32.3 Å². The smallest absolute Gasteiger partial charge is 0.331 e. The van der Waals surface area contributed by atoms with Gasteiger partial charge in [-0.05, 0) is 20.8 Å². The summed E-state index contributed by atoms with van der Waals surface area (Å²) >= 11 is 0. The first kappa shape index (κ1) is 15.7. The van der Waals surface area contributed by atoms with Crippen LogP contribution in [0, 0.1) is 11.3 Å². The maximum absolute atomic E-state index is 12.0. The first-order valence-corrected chi connectivity index (χ1v) is 5.90. The highest BCUT2D eigenvalue weighted by molar-refractivity contribution is 5.80. The van der Waals surface area contributed by atoms with E-state index in [1.807, 2.05) is 6.07 Å². The lowest BCUT2D eigenvalue weighted by Crippen LogP contribution is -2.28. The van der Waals surface area contributed by atoms with Crippen LogP contribution in [0.4, 0.5) is 0 Å². The number of carbonyl (C=O) groups excluding carboxylic acids is 1. The molecule has 1 aromatic rings. The summed E-state index contributed by atoms with van der Waals surface area (Å²) in [4.78, 5) is 20.0. The van der Waals surface area contributed by atoms with Crippen molar-refractivity contribution in [1.82, 2.24) is 9.97 Å². The van der Waals surface area contributed by atoms with Crippen LogP contribution < -0.4 is 9.47 Å². The van der Waals surface area contributed by atoms with Crippen LogP contribution in [-0.2, 0) is 9.53 Å². The van der Waals surface area contributed by atoms with Crippen molar-refractivity contribution >= 4 is 5.97 Å². The van der Waals surface area contributed by atoms with Crippen LogP contribution in [0.1, 0.15) is 32.5 Å². The van der Waals surface area contributed by atoms with E-state index < -0.39 is 17.5 Å². The van der Waals surface area contributed by atoms with Gasteiger partial charge in [0.15, 0.2) is 5.82 Å². The third kappa shape index (κ3) is 4.09. The first-order chi connectivity index (χ1) is 9.30. The Morgan fingerprint density at radius 1 is 1.25 bits per heavy atom. The molecule has 0 aliphatic rings. The molecule has 0 aliphatic heterocycles. The van der Waals surface area contributed by atoms with Crippen LogP contribution in [0.2, 0.25) is 0 Å². The van der Waals surface area contributed by atoms with Gasteiger partial charge in [0.2, 0.25) is 17.7 Å². The lowest BCUT2D eigenvalue weighted by atomic mass is 10.1. The number of rotatable bonds is 4. The lowest BCUT2D eigenvalue weighted by molar-refractivity contribution is -0.155. The molecule has 7 nitrogen and oxygen atoms in total. The van der Waals surface area contributed by atoms with Crippen LogP contribution in [0.25, 0.3) is 0 Å². The van der Waals surface area contributed by atoms with E-state index in [2.05, 4.69) is 9.97 Å². The summed E-state index contributed by atoms with van der Waals surface area (Å²) in [7, 11) is 2.83. The quantitative estimate of drug-likeness (QED) is 0.769. The molecule has 0 amide bonds. The standard InChI is InChI=1S/C13H17N3O4/c1-13(2,3)20-12(17)8(7-14)11-15-9(18-4)6-10(16-11)19-5/h6,8H,1-5H3. The molecular weight excluding hydrogens is 262 g/mol. The van der Waals surface area contributed by atoms with Gasteiger partial charge in [-0.3, -0.25) is 4.79 Å². The van der Waals surface area contributed by atoms with Crippen molar-refractivity contribution in [1.29, 1.82) is 5.26 Å². The summed E-state index contributed by atoms with van der Waals surface area (Å²) < 4.78 is 15.1. The Kier molecular flexibility index (Phi) is 4.86. The number of methoxy groups -OCH3 is 2. The first-order valence-electron chi connectivity index (χ1n) is 5.90. The van der Waals surface area contributed by atoms with Gasteiger partial charge < -0.3 is 14.2 Å². The molecule has 0 fully saturated rings. The highest BCUT2D eigenvalue weighted by atomic mass is 16.6. The largest absolute Gasteiger partial charge is 0.481 e. The molecule has 1 atom stereocenters. The molecule has 0 saturated carbocycles. The number of hydrogen-bond donors (Lipinski definition) is 0. The monoisotopic (exact) mass is 279 g/mol. The van der Waals surface area contributed by atoms with Gasteiger partial charge in [0.05, 0.1) is 26.4 Å². The highest BCUT2D eigenvalue weighted by Crippen LogP contribution is 2.22. The number of aromatic nitrogens is 2. The maximum Gasteiger partial charge on any atom is 0.331 e. The second-order valence-corrected chi connectivity index (χ2v) is 4.91. The van der Waals surface area contributed by atoms with Crippen LogP contribution in [0.3, 0.4) is 0 Å². The topological polar surface area (TPSA) is 94.3 Å². The SMILES string of the molecule is COc1cc(OC)nc(C(C#N)C(=O)OC(C)(C)C)n1. The van der Waals surface area contributed by atoms with Gasteiger partial charge in [-0.15, -0.1) is 0 Å². The van der Waals surface area contributed by atoms with Crippen LogP contribution in [-0.4, -0.2) is 35.8 Å². The minimum absolute atomic E-state index is 0.0158. The van der Waals surface area contributed by atoms with E-state index in [-0.39, 0.29) is 17.6 Å². The summed E-state index contributed by atoms with van der Waals surface area (Å²) in [6, 6.07) is 3.28. The highest BCUT2D eigenvalue weighted by Gasteiger charge is 2.29. The normalized spacial score (nSPS) is 12.2. The third-order valence-corrected chi connectivity index (χ3v) is 2.14. The molecule has 7 heteroatoms. The number of carbonyl (C=O) groups is 1. The van der Waals surface area contributed by atoms with E-state index in [0.717, 1.165) is 0 Å². The predicted octanol–water partition coefficient (Wildman–Crippen LogP) is 1.44. The second-order valence-electron chi connectivity index (χ2n) is 4.91.